The van der Waals surface area contributed by atoms with Crippen molar-refractivity contribution in [1.82, 2.24) is 0 Å². The highest BCUT2D eigenvalue weighted by Gasteiger charge is 2.07. The fourth-order valence-corrected chi connectivity index (χ4v) is 3.74. The maximum absolute atomic E-state index is 10.4. The SMILES string of the molecule is C=Cc1ccc2cccc3cc/c(=C(/C)CCCCCCC=O)c1c23. The van der Waals surface area contributed by atoms with Crippen molar-refractivity contribution in [3.63, 3.8) is 0 Å². The minimum atomic E-state index is 0.699. The summed E-state index contributed by atoms with van der Waals surface area (Å²) in [5.74, 6) is 0. The Morgan fingerprint density at radius 1 is 0.920 bits per heavy atom. The molecule has 0 aliphatic rings. The summed E-state index contributed by atoms with van der Waals surface area (Å²) in [6.07, 6.45) is 9.34. The van der Waals surface area contributed by atoms with Gasteiger partial charge in [0.1, 0.15) is 6.29 Å². The zero-order valence-electron chi connectivity index (χ0n) is 15.1. The summed E-state index contributed by atoms with van der Waals surface area (Å²) in [6, 6.07) is 15.4. The van der Waals surface area contributed by atoms with E-state index in [0.717, 1.165) is 25.5 Å². The molecule has 3 aromatic carbocycles. The highest BCUT2D eigenvalue weighted by molar-refractivity contribution is 6.13. The zero-order valence-corrected chi connectivity index (χ0v) is 15.1. The van der Waals surface area contributed by atoms with Crippen LogP contribution in [-0.4, -0.2) is 6.29 Å². The molecule has 0 saturated heterocycles. The van der Waals surface area contributed by atoms with Crippen LogP contribution in [0.25, 0.3) is 33.2 Å². The third-order valence-electron chi connectivity index (χ3n) is 5.11. The van der Waals surface area contributed by atoms with Crippen LogP contribution < -0.4 is 5.22 Å². The van der Waals surface area contributed by atoms with Crippen LogP contribution in [0.3, 0.4) is 0 Å². The molecule has 0 heterocycles. The summed E-state index contributed by atoms with van der Waals surface area (Å²) in [5, 5.41) is 6.63. The Morgan fingerprint density at radius 3 is 2.36 bits per heavy atom. The van der Waals surface area contributed by atoms with Gasteiger partial charge in [0, 0.05) is 6.42 Å². The van der Waals surface area contributed by atoms with E-state index >= 15 is 0 Å². The first-order valence-electron chi connectivity index (χ1n) is 9.26. The van der Waals surface area contributed by atoms with Gasteiger partial charge in [-0.25, -0.2) is 0 Å². The summed E-state index contributed by atoms with van der Waals surface area (Å²) >= 11 is 0. The second kappa shape index (κ2) is 8.11. The molecular formula is C24H26O. The lowest BCUT2D eigenvalue weighted by Gasteiger charge is -2.11. The molecule has 128 valence electrons. The van der Waals surface area contributed by atoms with Gasteiger partial charge in [-0.05, 0) is 58.5 Å². The average molecular weight is 330 g/mol. The second-order valence-corrected chi connectivity index (χ2v) is 6.83. The quantitative estimate of drug-likeness (QED) is 0.362. The number of carbonyl (C=O) groups excluding carboxylic acids is 1. The van der Waals surface area contributed by atoms with E-state index in [4.69, 9.17) is 0 Å². The third-order valence-corrected chi connectivity index (χ3v) is 5.11. The molecule has 0 amide bonds. The highest BCUT2D eigenvalue weighted by atomic mass is 16.1. The predicted octanol–water partition coefficient (Wildman–Crippen LogP) is 6.07. The number of hydrogen-bond donors (Lipinski definition) is 0. The molecule has 25 heavy (non-hydrogen) atoms. The molecule has 0 bridgehead atoms. The van der Waals surface area contributed by atoms with E-state index in [-0.39, 0.29) is 0 Å². The first-order chi connectivity index (χ1) is 12.3. The van der Waals surface area contributed by atoms with Crippen molar-refractivity contribution in [2.45, 2.75) is 45.4 Å². The Morgan fingerprint density at radius 2 is 1.64 bits per heavy atom. The number of rotatable bonds is 8. The van der Waals surface area contributed by atoms with Gasteiger partial charge in [-0.1, -0.05) is 73.5 Å². The number of unbranched alkanes of at least 4 members (excludes halogenated alkanes) is 4. The van der Waals surface area contributed by atoms with Gasteiger partial charge >= 0.3 is 0 Å². The van der Waals surface area contributed by atoms with Crippen molar-refractivity contribution in [2.75, 3.05) is 0 Å². The maximum Gasteiger partial charge on any atom is 0.119 e. The number of benzene rings is 3. The molecule has 0 unspecified atom stereocenters. The summed E-state index contributed by atoms with van der Waals surface area (Å²) in [7, 11) is 0. The van der Waals surface area contributed by atoms with E-state index in [1.54, 1.807) is 0 Å². The lowest BCUT2D eigenvalue weighted by Crippen LogP contribution is -2.08. The summed E-state index contributed by atoms with van der Waals surface area (Å²) in [6.45, 7) is 6.28. The van der Waals surface area contributed by atoms with E-state index in [1.807, 2.05) is 6.08 Å². The Hall–Kier alpha value is -2.41. The molecule has 0 atom stereocenters. The predicted molar refractivity (Wildman–Crippen MR) is 110 cm³/mol. The van der Waals surface area contributed by atoms with Gasteiger partial charge in [0.05, 0.1) is 0 Å². The lowest BCUT2D eigenvalue weighted by atomic mass is 9.93. The molecule has 1 nitrogen and oxygen atoms in total. The third kappa shape index (κ3) is 3.66. The number of hydrogen-bond acceptors (Lipinski definition) is 1. The van der Waals surface area contributed by atoms with Crippen molar-refractivity contribution < 1.29 is 4.79 Å². The topological polar surface area (TPSA) is 17.1 Å². The second-order valence-electron chi connectivity index (χ2n) is 6.83. The average Bonchev–Trinajstić information content (AvgIpc) is 2.65. The zero-order chi connectivity index (χ0) is 17.6. The van der Waals surface area contributed by atoms with Crippen LogP contribution in [0, 0.1) is 0 Å². The molecule has 0 fully saturated rings. The fraction of sp³-hybridized carbons (Fsp3) is 0.292. The van der Waals surface area contributed by atoms with Crippen LogP contribution in [0.15, 0.2) is 49.0 Å². The van der Waals surface area contributed by atoms with Crippen LogP contribution in [0.5, 0.6) is 0 Å². The van der Waals surface area contributed by atoms with Crippen molar-refractivity contribution in [3.05, 3.63) is 59.8 Å². The van der Waals surface area contributed by atoms with Crippen molar-refractivity contribution in [2.24, 2.45) is 0 Å². The molecule has 0 aromatic heterocycles. The van der Waals surface area contributed by atoms with Crippen LogP contribution in [0.2, 0.25) is 0 Å². The minimum Gasteiger partial charge on any atom is -0.303 e. The fourth-order valence-electron chi connectivity index (χ4n) is 3.74. The molecule has 3 aromatic rings. The van der Waals surface area contributed by atoms with Crippen molar-refractivity contribution in [1.29, 1.82) is 0 Å². The summed E-state index contributed by atoms with van der Waals surface area (Å²) < 4.78 is 0. The smallest absolute Gasteiger partial charge is 0.119 e. The molecule has 0 spiro atoms. The number of carbonyl (C=O) groups is 1. The van der Waals surface area contributed by atoms with Gasteiger partial charge in [0.2, 0.25) is 0 Å². The monoisotopic (exact) mass is 330 g/mol. The Kier molecular flexibility index (Phi) is 5.65. The van der Waals surface area contributed by atoms with E-state index in [9.17, 15) is 4.79 Å². The number of aldehydes is 1. The first kappa shape index (κ1) is 17.4. The molecule has 0 saturated carbocycles. The van der Waals surface area contributed by atoms with Crippen LogP contribution in [-0.2, 0) is 4.79 Å². The van der Waals surface area contributed by atoms with Crippen LogP contribution >= 0.6 is 0 Å². The van der Waals surface area contributed by atoms with Crippen molar-refractivity contribution >= 4 is 39.5 Å². The van der Waals surface area contributed by atoms with E-state index in [2.05, 4.69) is 56.0 Å². The van der Waals surface area contributed by atoms with Gasteiger partial charge in [-0.15, -0.1) is 0 Å². The molecule has 1 heteroatoms. The Labute approximate surface area is 150 Å². The minimum absolute atomic E-state index is 0.699. The normalized spacial score (nSPS) is 12.5. The van der Waals surface area contributed by atoms with Gasteiger partial charge in [0.25, 0.3) is 0 Å². The van der Waals surface area contributed by atoms with E-state index in [0.29, 0.717) is 6.42 Å². The van der Waals surface area contributed by atoms with Crippen molar-refractivity contribution in [3.8, 4) is 0 Å². The van der Waals surface area contributed by atoms with Gasteiger partial charge in [-0.2, -0.15) is 0 Å². The standard InChI is InChI=1S/C24H26O/c1-3-19-13-14-20-11-9-12-21-15-16-22(24(19)23(20)21)18(2)10-7-5-4-6-8-17-25/h3,9,11-17H,1,4-8,10H2,2H3/b22-18+. The Bertz CT molecular complexity index is 933. The Balaban J connectivity index is 1.99. The van der Waals surface area contributed by atoms with Gasteiger partial charge in [0.15, 0.2) is 0 Å². The molecule has 0 N–H and O–H groups in total. The molecule has 3 rings (SSSR count). The van der Waals surface area contributed by atoms with E-state index in [1.165, 1.54) is 50.7 Å². The molecule has 0 aliphatic carbocycles. The highest BCUT2D eigenvalue weighted by Crippen LogP contribution is 2.28. The van der Waals surface area contributed by atoms with Crippen LogP contribution in [0.1, 0.15) is 51.0 Å². The largest absolute Gasteiger partial charge is 0.303 e. The summed E-state index contributed by atoms with van der Waals surface area (Å²) in [4.78, 5) is 10.4. The lowest BCUT2D eigenvalue weighted by molar-refractivity contribution is -0.107. The maximum atomic E-state index is 10.4. The first-order valence-corrected chi connectivity index (χ1v) is 9.26. The van der Waals surface area contributed by atoms with Crippen LogP contribution in [0.4, 0.5) is 0 Å². The van der Waals surface area contributed by atoms with E-state index < -0.39 is 0 Å². The molecule has 0 aliphatic heterocycles. The van der Waals surface area contributed by atoms with Gasteiger partial charge < -0.3 is 4.79 Å². The molecular weight excluding hydrogens is 304 g/mol. The molecule has 0 radical (unpaired) electrons. The summed E-state index contributed by atoms with van der Waals surface area (Å²) in [5.41, 5.74) is 2.65. The van der Waals surface area contributed by atoms with Gasteiger partial charge in [-0.3, -0.25) is 0 Å².